The van der Waals surface area contributed by atoms with Crippen molar-refractivity contribution in [2.45, 2.75) is 25.8 Å². The molecule has 2 aromatic carbocycles. The number of aromatic nitrogens is 1. The van der Waals surface area contributed by atoms with E-state index in [4.69, 9.17) is 0 Å². The van der Waals surface area contributed by atoms with E-state index in [1.807, 2.05) is 53.4 Å². The Bertz CT molecular complexity index is 1130. The molecule has 1 fully saturated rings. The number of rotatable bonds is 4. The highest BCUT2D eigenvalue weighted by molar-refractivity contribution is 6.06. The van der Waals surface area contributed by atoms with Gasteiger partial charge in [0.2, 0.25) is 5.91 Å². The molecule has 154 valence electrons. The van der Waals surface area contributed by atoms with Crippen molar-refractivity contribution >= 4 is 28.4 Å². The maximum absolute atomic E-state index is 13.1. The maximum Gasteiger partial charge on any atom is 0.254 e. The average Bonchev–Trinajstić information content (AvgIpc) is 2.80. The van der Waals surface area contributed by atoms with E-state index in [-0.39, 0.29) is 23.9 Å². The number of amides is 2. The van der Waals surface area contributed by atoms with Gasteiger partial charge in [-0.15, -0.1) is 0 Å². The molecule has 1 aromatic heterocycles. The molecule has 0 N–H and O–H groups in total. The van der Waals surface area contributed by atoms with Gasteiger partial charge in [-0.3, -0.25) is 19.0 Å². The fourth-order valence-electron chi connectivity index (χ4n) is 3.98. The molecule has 0 aliphatic carbocycles. The van der Waals surface area contributed by atoms with Gasteiger partial charge in [0, 0.05) is 37.3 Å². The fourth-order valence-corrected chi connectivity index (χ4v) is 3.98. The number of benzene rings is 2. The quantitative estimate of drug-likeness (QED) is 0.672. The highest BCUT2D eigenvalue weighted by atomic mass is 16.2. The maximum atomic E-state index is 13.1. The minimum absolute atomic E-state index is 0.0943. The molecule has 0 radical (unpaired) electrons. The number of carbonyl (C=O) groups is 2. The van der Waals surface area contributed by atoms with Crippen LogP contribution in [0.3, 0.4) is 0 Å². The molecule has 0 unspecified atom stereocenters. The first-order valence-corrected chi connectivity index (χ1v) is 10.3. The Kier molecular flexibility index (Phi) is 5.65. The number of nitrogens with zero attached hydrogens (tertiary/aromatic N) is 3. The summed E-state index contributed by atoms with van der Waals surface area (Å²) in [6.07, 6.45) is 3.10. The molecular formula is C24H25N3O3. The topological polar surface area (TPSA) is 62.6 Å². The summed E-state index contributed by atoms with van der Waals surface area (Å²) in [7, 11) is 1.69. The van der Waals surface area contributed by atoms with Crippen LogP contribution in [0.25, 0.3) is 10.9 Å². The molecule has 6 heteroatoms. The molecule has 1 saturated heterocycles. The van der Waals surface area contributed by atoms with Crippen molar-refractivity contribution < 1.29 is 9.59 Å². The van der Waals surface area contributed by atoms with E-state index in [1.165, 1.54) is 15.5 Å². The van der Waals surface area contributed by atoms with Crippen LogP contribution < -0.4 is 10.5 Å². The highest BCUT2D eigenvalue weighted by Crippen LogP contribution is 2.21. The minimum Gasteiger partial charge on any atom is -0.339 e. The van der Waals surface area contributed by atoms with Gasteiger partial charge in [0.05, 0.1) is 11.1 Å². The Morgan fingerprint density at radius 2 is 1.60 bits per heavy atom. The molecule has 1 aliphatic heterocycles. The van der Waals surface area contributed by atoms with Crippen LogP contribution >= 0.6 is 0 Å². The first-order chi connectivity index (χ1) is 14.6. The number of fused-ring (bicyclic) bond motifs is 1. The molecule has 4 rings (SSSR count). The summed E-state index contributed by atoms with van der Waals surface area (Å²) in [5.74, 6) is -0.313. The van der Waals surface area contributed by atoms with Crippen LogP contribution in [0.4, 0.5) is 5.69 Å². The molecule has 0 bridgehead atoms. The second-order valence-electron chi connectivity index (χ2n) is 7.64. The monoisotopic (exact) mass is 403 g/mol. The van der Waals surface area contributed by atoms with E-state index in [9.17, 15) is 14.4 Å². The summed E-state index contributed by atoms with van der Waals surface area (Å²) in [4.78, 5) is 42.3. The lowest BCUT2D eigenvalue weighted by atomic mass is 10.0. The Morgan fingerprint density at radius 1 is 0.933 bits per heavy atom. The lowest BCUT2D eigenvalue weighted by Crippen LogP contribution is -2.37. The van der Waals surface area contributed by atoms with Crippen LogP contribution in [0, 0.1) is 0 Å². The first kappa shape index (κ1) is 19.9. The molecule has 0 saturated carbocycles. The fraction of sp³-hybridized carbons (Fsp3) is 0.292. The van der Waals surface area contributed by atoms with Gasteiger partial charge in [-0.1, -0.05) is 36.4 Å². The Balaban J connectivity index is 1.70. The van der Waals surface area contributed by atoms with Gasteiger partial charge in [-0.2, -0.15) is 0 Å². The normalized spacial score (nSPS) is 14.0. The van der Waals surface area contributed by atoms with Crippen LogP contribution in [0.15, 0.2) is 65.5 Å². The Hall–Kier alpha value is -3.41. The number of anilines is 1. The van der Waals surface area contributed by atoms with E-state index in [0.29, 0.717) is 16.5 Å². The van der Waals surface area contributed by atoms with Gasteiger partial charge < -0.3 is 9.80 Å². The van der Waals surface area contributed by atoms with Crippen molar-refractivity contribution in [1.82, 2.24) is 9.47 Å². The van der Waals surface area contributed by atoms with Gasteiger partial charge in [0.1, 0.15) is 6.54 Å². The van der Waals surface area contributed by atoms with E-state index in [2.05, 4.69) is 0 Å². The Labute approximate surface area is 175 Å². The van der Waals surface area contributed by atoms with Gasteiger partial charge in [0.15, 0.2) is 0 Å². The third-order valence-corrected chi connectivity index (χ3v) is 5.70. The van der Waals surface area contributed by atoms with Gasteiger partial charge in [0.25, 0.3) is 11.5 Å². The van der Waals surface area contributed by atoms with E-state index in [0.717, 1.165) is 38.0 Å². The molecule has 6 nitrogen and oxygen atoms in total. The summed E-state index contributed by atoms with van der Waals surface area (Å²) in [6.45, 7) is 1.34. The average molecular weight is 403 g/mol. The number of hydrogen-bond donors (Lipinski definition) is 0. The van der Waals surface area contributed by atoms with Crippen molar-refractivity contribution in [3.05, 3.63) is 76.6 Å². The summed E-state index contributed by atoms with van der Waals surface area (Å²) in [5, 5.41) is 0.697. The van der Waals surface area contributed by atoms with Gasteiger partial charge in [-0.05, 0) is 37.5 Å². The summed E-state index contributed by atoms with van der Waals surface area (Å²) in [6, 6.07) is 18.0. The first-order valence-electron chi connectivity index (χ1n) is 10.3. The molecule has 3 aromatic rings. The van der Waals surface area contributed by atoms with Crippen LogP contribution in [-0.2, 0) is 11.3 Å². The second kappa shape index (κ2) is 8.53. The number of carbonyl (C=O) groups excluding carboxylic acids is 2. The van der Waals surface area contributed by atoms with Crippen LogP contribution in [0.2, 0.25) is 0 Å². The molecule has 0 atom stereocenters. The predicted octanol–water partition coefficient (Wildman–Crippen LogP) is 3.29. The standard InChI is InChI=1S/C24H25N3O3/c1-25(18-10-4-2-5-11-18)23(29)17-27-21-13-7-6-12-19(21)20(16-22(27)28)24(30)26-14-8-3-9-15-26/h2,4-7,10-13,16H,3,8-9,14-15,17H2,1H3. The Morgan fingerprint density at radius 3 is 2.33 bits per heavy atom. The molecular weight excluding hydrogens is 378 g/mol. The van der Waals surface area contributed by atoms with Crippen LogP contribution in [-0.4, -0.2) is 41.4 Å². The molecule has 0 spiro atoms. The zero-order valence-corrected chi connectivity index (χ0v) is 17.1. The second-order valence-corrected chi connectivity index (χ2v) is 7.64. The number of likely N-dealkylation sites (N-methyl/N-ethyl adjacent to an activating group) is 1. The third kappa shape index (κ3) is 3.85. The minimum atomic E-state index is -0.344. The summed E-state index contributed by atoms with van der Waals surface area (Å²) < 4.78 is 1.45. The lowest BCUT2D eigenvalue weighted by Gasteiger charge is -2.27. The van der Waals surface area contributed by atoms with Crippen LogP contribution in [0.1, 0.15) is 29.6 Å². The van der Waals surface area contributed by atoms with Crippen molar-refractivity contribution in [1.29, 1.82) is 0 Å². The molecule has 30 heavy (non-hydrogen) atoms. The van der Waals surface area contributed by atoms with E-state index >= 15 is 0 Å². The van der Waals surface area contributed by atoms with Crippen molar-refractivity contribution in [2.75, 3.05) is 25.0 Å². The lowest BCUT2D eigenvalue weighted by molar-refractivity contribution is -0.118. The number of para-hydroxylation sites is 2. The van der Waals surface area contributed by atoms with Crippen molar-refractivity contribution in [2.24, 2.45) is 0 Å². The SMILES string of the molecule is CN(C(=O)Cn1c(=O)cc(C(=O)N2CCCCC2)c2ccccc21)c1ccccc1. The number of piperidine rings is 1. The smallest absolute Gasteiger partial charge is 0.254 e. The third-order valence-electron chi connectivity index (χ3n) is 5.70. The zero-order valence-electron chi connectivity index (χ0n) is 17.1. The van der Waals surface area contributed by atoms with Crippen LogP contribution in [0.5, 0.6) is 0 Å². The largest absolute Gasteiger partial charge is 0.339 e. The molecule has 1 aliphatic rings. The predicted molar refractivity (Wildman–Crippen MR) is 118 cm³/mol. The highest BCUT2D eigenvalue weighted by Gasteiger charge is 2.23. The van der Waals surface area contributed by atoms with Crippen molar-refractivity contribution in [3.63, 3.8) is 0 Å². The zero-order chi connectivity index (χ0) is 21.1. The number of pyridine rings is 1. The molecule has 2 heterocycles. The summed E-state index contributed by atoms with van der Waals surface area (Å²) >= 11 is 0. The van der Waals surface area contributed by atoms with E-state index in [1.54, 1.807) is 13.1 Å². The summed E-state index contributed by atoms with van der Waals surface area (Å²) in [5.41, 5.74) is 1.43. The number of likely N-dealkylation sites (tertiary alicyclic amines) is 1. The molecule has 2 amide bonds. The van der Waals surface area contributed by atoms with Crippen molar-refractivity contribution in [3.8, 4) is 0 Å². The van der Waals surface area contributed by atoms with E-state index < -0.39 is 0 Å². The number of hydrogen-bond acceptors (Lipinski definition) is 3. The van der Waals surface area contributed by atoms with Gasteiger partial charge >= 0.3 is 0 Å². The van der Waals surface area contributed by atoms with Gasteiger partial charge in [-0.25, -0.2) is 0 Å².